The van der Waals surface area contributed by atoms with E-state index in [9.17, 15) is 14.7 Å². The Morgan fingerprint density at radius 2 is 2.12 bits per heavy atom. The van der Waals surface area contributed by atoms with E-state index in [0.717, 1.165) is 12.1 Å². The van der Waals surface area contributed by atoms with Crippen molar-refractivity contribution in [2.75, 3.05) is 6.54 Å². The molecule has 1 atom stereocenters. The molecule has 124 valence electrons. The summed E-state index contributed by atoms with van der Waals surface area (Å²) in [5.74, 6) is -0.953. The summed E-state index contributed by atoms with van der Waals surface area (Å²) in [6, 6.07) is 8.09. The lowest BCUT2D eigenvalue weighted by Crippen LogP contribution is -2.41. The van der Waals surface area contributed by atoms with Crippen LogP contribution in [0.2, 0.25) is 0 Å². The van der Waals surface area contributed by atoms with Crippen LogP contribution in [0.4, 0.5) is 0 Å². The van der Waals surface area contributed by atoms with E-state index in [1.807, 2.05) is 18.2 Å². The summed E-state index contributed by atoms with van der Waals surface area (Å²) >= 11 is 1.61. The van der Waals surface area contributed by atoms with Gasteiger partial charge in [-0.15, -0.1) is 11.8 Å². The van der Waals surface area contributed by atoms with Crippen LogP contribution in [0.3, 0.4) is 0 Å². The Labute approximate surface area is 143 Å². The summed E-state index contributed by atoms with van der Waals surface area (Å²) in [5, 5.41) is 13.3. The number of carbonyl (C=O) groups is 2. The van der Waals surface area contributed by atoms with Gasteiger partial charge >= 0.3 is 5.97 Å². The Balaban J connectivity index is 1.55. The lowest BCUT2D eigenvalue weighted by Gasteiger charge is -2.29. The van der Waals surface area contributed by atoms with Crippen LogP contribution < -0.4 is 0 Å². The molecule has 2 aliphatic rings. The van der Waals surface area contributed by atoms with E-state index in [2.05, 4.69) is 11.2 Å². The fourth-order valence-electron chi connectivity index (χ4n) is 3.48. The molecule has 0 saturated carbocycles. The highest BCUT2D eigenvalue weighted by molar-refractivity contribution is 8.01. The molecule has 0 saturated heterocycles. The Kier molecular flexibility index (Phi) is 3.60. The van der Waals surface area contributed by atoms with Crippen LogP contribution in [0, 0.1) is 0 Å². The van der Waals surface area contributed by atoms with Gasteiger partial charge in [0.25, 0.3) is 0 Å². The van der Waals surface area contributed by atoms with Gasteiger partial charge < -0.3 is 10.0 Å². The first kappa shape index (κ1) is 15.3. The molecule has 0 aliphatic carbocycles. The largest absolute Gasteiger partial charge is 0.476 e. The highest BCUT2D eigenvalue weighted by atomic mass is 32.2. The minimum absolute atomic E-state index is 0.0624. The molecule has 3 heterocycles. The van der Waals surface area contributed by atoms with Crippen LogP contribution in [0.25, 0.3) is 0 Å². The molecule has 2 aliphatic heterocycles. The first-order chi connectivity index (χ1) is 11.5. The van der Waals surface area contributed by atoms with Gasteiger partial charge in [0.05, 0.1) is 5.25 Å². The molecule has 0 unspecified atom stereocenters. The number of rotatable bonds is 2. The van der Waals surface area contributed by atoms with E-state index in [4.69, 9.17) is 0 Å². The summed E-state index contributed by atoms with van der Waals surface area (Å²) in [6.07, 6.45) is 1.38. The minimum Gasteiger partial charge on any atom is -0.476 e. The fourth-order valence-corrected chi connectivity index (χ4v) is 4.75. The topological polar surface area (TPSA) is 75.4 Å². The zero-order chi connectivity index (χ0) is 16.8. The van der Waals surface area contributed by atoms with Crippen LogP contribution in [-0.2, 0) is 31.2 Å². The molecule has 6 nitrogen and oxygen atoms in total. The van der Waals surface area contributed by atoms with Crippen molar-refractivity contribution in [3.63, 3.8) is 0 Å². The van der Waals surface area contributed by atoms with Crippen molar-refractivity contribution in [2.45, 2.75) is 29.5 Å². The van der Waals surface area contributed by atoms with E-state index in [1.54, 1.807) is 28.4 Å². The van der Waals surface area contributed by atoms with E-state index >= 15 is 0 Å². The second kappa shape index (κ2) is 5.66. The number of amides is 1. The zero-order valence-corrected chi connectivity index (χ0v) is 14.0. The maximum absolute atomic E-state index is 12.9. The third-order valence-electron chi connectivity index (χ3n) is 4.68. The number of carboxylic acids is 1. The maximum Gasteiger partial charge on any atom is 0.356 e. The normalized spacial score (nSPS) is 19.0. The van der Waals surface area contributed by atoms with Gasteiger partial charge in [-0.05, 0) is 18.1 Å². The number of aromatic nitrogens is 2. The molecule has 4 rings (SSSR count). The first-order valence-corrected chi connectivity index (χ1v) is 8.74. The second-order valence-corrected chi connectivity index (χ2v) is 7.38. The molecule has 1 aromatic heterocycles. The number of hydrogen-bond donors (Lipinski definition) is 1. The smallest absolute Gasteiger partial charge is 0.356 e. The molecule has 0 radical (unpaired) electrons. The maximum atomic E-state index is 12.9. The summed E-state index contributed by atoms with van der Waals surface area (Å²) in [5.41, 5.74) is 2.86. The number of aryl methyl sites for hydroxylation is 1. The first-order valence-electron chi connectivity index (χ1n) is 7.86. The average molecular weight is 343 g/mol. The van der Waals surface area contributed by atoms with Crippen LogP contribution >= 0.6 is 11.8 Å². The SMILES string of the molecule is Cn1nc(C(=O)O)c2c1CCN(C(=O)[C@@H]1Cc3ccccc3S1)C2. The van der Waals surface area contributed by atoms with E-state index in [0.29, 0.717) is 25.1 Å². The van der Waals surface area contributed by atoms with Crippen molar-refractivity contribution >= 4 is 23.6 Å². The molecular weight excluding hydrogens is 326 g/mol. The molecule has 24 heavy (non-hydrogen) atoms. The van der Waals surface area contributed by atoms with Gasteiger partial charge in [0.2, 0.25) is 5.91 Å². The highest BCUT2D eigenvalue weighted by Gasteiger charge is 2.35. The average Bonchev–Trinajstić information content (AvgIpc) is 3.15. The molecular formula is C17H17N3O3S. The van der Waals surface area contributed by atoms with Crippen molar-refractivity contribution < 1.29 is 14.7 Å². The predicted molar refractivity (Wildman–Crippen MR) is 89.1 cm³/mol. The third-order valence-corrected chi connectivity index (χ3v) is 5.98. The van der Waals surface area contributed by atoms with Crippen molar-refractivity contribution in [3.05, 3.63) is 46.8 Å². The summed E-state index contributed by atoms with van der Waals surface area (Å²) in [4.78, 5) is 27.2. The minimum atomic E-state index is -1.04. The predicted octanol–water partition coefficient (Wildman–Crippen LogP) is 1.72. The van der Waals surface area contributed by atoms with Gasteiger partial charge in [-0.3, -0.25) is 9.48 Å². The number of nitrogens with zero attached hydrogens (tertiary/aromatic N) is 3. The fraction of sp³-hybridized carbons (Fsp3) is 0.353. The van der Waals surface area contributed by atoms with Gasteiger partial charge in [0.1, 0.15) is 0 Å². The Bertz CT molecular complexity index is 821. The van der Waals surface area contributed by atoms with Crippen molar-refractivity contribution in [3.8, 4) is 0 Å². The molecule has 0 spiro atoms. The van der Waals surface area contributed by atoms with Crippen LogP contribution in [0.1, 0.15) is 27.3 Å². The lowest BCUT2D eigenvalue weighted by atomic mass is 10.0. The van der Waals surface area contributed by atoms with Crippen molar-refractivity contribution in [1.82, 2.24) is 14.7 Å². The molecule has 0 bridgehead atoms. The summed E-state index contributed by atoms with van der Waals surface area (Å²) in [7, 11) is 1.76. The van der Waals surface area contributed by atoms with Gasteiger partial charge in [0, 0.05) is 42.7 Å². The zero-order valence-electron chi connectivity index (χ0n) is 13.2. The van der Waals surface area contributed by atoms with E-state index < -0.39 is 5.97 Å². The third kappa shape index (κ3) is 2.39. The monoisotopic (exact) mass is 343 g/mol. The number of hydrogen-bond acceptors (Lipinski definition) is 4. The number of aromatic carboxylic acids is 1. The van der Waals surface area contributed by atoms with E-state index in [1.165, 1.54) is 10.5 Å². The number of carbonyl (C=O) groups excluding carboxylic acids is 1. The van der Waals surface area contributed by atoms with Gasteiger partial charge in [-0.1, -0.05) is 18.2 Å². The van der Waals surface area contributed by atoms with Crippen LogP contribution in [0.15, 0.2) is 29.2 Å². The Hall–Kier alpha value is -2.28. The summed E-state index contributed by atoms with van der Waals surface area (Å²) in [6.45, 7) is 0.939. The molecule has 1 amide bonds. The van der Waals surface area contributed by atoms with Crippen LogP contribution in [0.5, 0.6) is 0 Å². The number of fused-ring (bicyclic) bond motifs is 2. The quantitative estimate of drug-likeness (QED) is 0.899. The van der Waals surface area contributed by atoms with Gasteiger partial charge in [-0.25, -0.2) is 4.79 Å². The number of carboxylic acid groups (broad SMARTS) is 1. The Morgan fingerprint density at radius 1 is 1.33 bits per heavy atom. The Morgan fingerprint density at radius 3 is 2.88 bits per heavy atom. The molecule has 2 aromatic rings. The van der Waals surface area contributed by atoms with Gasteiger partial charge in [-0.2, -0.15) is 5.10 Å². The van der Waals surface area contributed by atoms with Crippen molar-refractivity contribution in [1.29, 1.82) is 0 Å². The van der Waals surface area contributed by atoms with Crippen molar-refractivity contribution in [2.24, 2.45) is 7.05 Å². The number of thioether (sulfide) groups is 1. The molecule has 1 N–H and O–H groups in total. The van der Waals surface area contributed by atoms with Gasteiger partial charge in [0.15, 0.2) is 5.69 Å². The van der Waals surface area contributed by atoms with E-state index in [-0.39, 0.29) is 16.9 Å². The highest BCUT2D eigenvalue weighted by Crippen LogP contribution is 2.38. The van der Waals surface area contributed by atoms with Crippen LogP contribution in [-0.4, -0.2) is 43.5 Å². The molecule has 0 fully saturated rings. The number of benzene rings is 1. The molecule has 7 heteroatoms. The second-order valence-electron chi connectivity index (χ2n) is 6.13. The summed E-state index contributed by atoms with van der Waals surface area (Å²) < 4.78 is 1.63. The standard InChI is InChI=1S/C17H17N3O3S/c1-19-12-6-7-20(9-11(12)15(18-19)17(22)23)16(21)14-8-10-4-2-3-5-13(10)24-14/h2-5,14H,6-9H2,1H3,(H,22,23)/t14-/m0/s1. The lowest BCUT2D eigenvalue weighted by molar-refractivity contribution is -0.131. The molecule has 1 aromatic carbocycles.